The maximum absolute atomic E-state index is 13.9. The number of aliphatic hydroxyl groups is 1. The van der Waals surface area contributed by atoms with Crippen molar-refractivity contribution < 1.29 is 24.2 Å². The summed E-state index contributed by atoms with van der Waals surface area (Å²) in [6.07, 6.45) is 7.92. The number of allylic oxidation sites excluding steroid dienone is 2. The van der Waals surface area contributed by atoms with Gasteiger partial charge >= 0.3 is 5.97 Å². The van der Waals surface area contributed by atoms with Gasteiger partial charge in [-0.15, -0.1) is 0 Å². The first kappa shape index (κ1) is 18.3. The van der Waals surface area contributed by atoms with Crippen LogP contribution in [0.1, 0.15) is 52.9 Å². The Kier molecular flexibility index (Phi) is 3.58. The highest BCUT2D eigenvalue weighted by molar-refractivity contribution is 6.07. The molecule has 1 amide bonds. The van der Waals surface area contributed by atoms with Gasteiger partial charge in [-0.25, -0.2) is 0 Å². The molecule has 0 aromatic rings. The third-order valence-electron chi connectivity index (χ3n) is 8.91. The van der Waals surface area contributed by atoms with Gasteiger partial charge in [0, 0.05) is 12.5 Å². The number of carbonyl (C=O) groups is 3. The molecule has 8 unspecified atom stereocenters. The smallest absolute Gasteiger partial charge is 0.314 e. The van der Waals surface area contributed by atoms with Crippen LogP contribution >= 0.6 is 0 Å². The number of carbonyl (C=O) groups excluding carboxylic acids is 3. The van der Waals surface area contributed by atoms with Crippen LogP contribution in [0.25, 0.3) is 0 Å². The third-order valence-corrected chi connectivity index (χ3v) is 8.91. The van der Waals surface area contributed by atoms with Crippen LogP contribution in [0.2, 0.25) is 0 Å². The second kappa shape index (κ2) is 5.47. The predicted molar refractivity (Wildman–Crippen MR) is 99.6 cm³/mol. The Balaban J connectivity index is 1.55. The van der Waals surface area contributed by atoms with E-state index in [4.69, 9.17) is 4.74 Å². The Morgan fingerprint density at radius 2 is 1.96 bits per heavy atom. The minimum absolute atomic E-state index is 0.00876. The largest absolute Gasteiger partial charge is 0.455 e. The fourth-order valence-corrected chi connectivity index (χ4v) is 7.11. The van der Waals surface area contributed by atoms with Crippen molar-refractivity contribution >= 4 is 17.7 Å². The second-order valence-corrected chi connectivity index (χ2v) is 10.1. The normalized spacial score (nSPS) is 51.9. The zero-order valence-corrected chi connectivity index (χ0v) is 16.8. The lowest BCUT2D eigenvalue weighted by Crippen LogP contribution is -2.54. The molecule has 5 rings (SSSR count). The maximum atomic E-state index is 13.9. The lowest BCUT2D eigenvalue weighted by atomic mass is 9.47. The molecule has 28 heavy (non-hydrogen) atoms. The molecular formula is C22H29NO5. The van der Waals surface area contributed by atoms with Gasteiger partial charge in [-0.05, 0) is 36.0 Å². The van der Waals surface area contributed by atoms with Crippen molar-refractivity contribution in [3.63, 3.8) is 0 Å². The number of rotatable bonds is 2. The molecule has 2 aliphatic carbocycles. The molecule has 1 saturated carbocycles. The zero-order valence-electron chi connectivity index (χ0n) is 16.8. The Morgan fingerprint density at radius 3 is 2.71 bits per heavy atom. The van der Waals surface area contributed by atoms with E-state index >= 15 is 0 Å². The van der Waals surface area contributed by atoms with E-state index < -0.39 is 29.6 Å². The van der Waals surface area contributed by atoms with Crippen LogP contribution < -0.4 is 0 Å². The van der Waals surface area contributed by atoms with Crippen LogP contribution in [0.15, 0.2) is 12.2 Å². The van der Waals surface area contributed by atoms with Gasteiger partial charge in [0.15, 0.2) is 17.6 Å². The quantitative estimate of drug-likeness (QED) is 0.445. The number of ketones is 1. The Labute approximate surface area is 165 Å². The van der Waals surface area contributed by atoms with E-state index in [2.05, 4.69) is 26.0 Å². The average Bonchev–Trinajstić information content (AvgIpc) is 3.18. The summed E-state index contributed by atoms with van der Waals surface area (Å²) in [4.78, 5) is 40.7. The molecule has 0 bridgehead atoms. The molecular weight excluding hydrogens is 358 g/mol. The molecule has 6 heteroatoms. The minimum Gasteiger partial charge on any atom is -0.455 e. The van der Waals surface area contributed by atoms with Crippen LogP contribution in [0.4, 0.5) is 0 Å². The van der Waals surface area contributed by atoms with Crippen LogP contribution in [0, 0.1) is 34.5 Å². The zero-order chi connectivity index (χ0) is 20.1. The summed E-state index contributed by atoms with van der Waals surface area (Å²) in [5.74, 6) is -3.12. The SMILES string of the molecule is CC1C=CC2(C)CCCCC2(C)C1C(=O)C1C(=O)N2CCC3C(=O)OC1C32O. The van der Waals surface area contributed by atoms with Crippen molar-refractivity contribution in [3.8, 4) is 0 Å². The molecule has 0 radical (unpaired) electrons. The van der Waals surface area contributed by atoms with Crippen molar-refractivity contribution in [1.29, 1.82) is 0 Å². The van der Waals surface area contributed by atoms with Crippen molar-refractivity contribution in [2.24, 2.45) is 34.5 Å². The molecule has 3 heterocycles. The van der Waals surface area contributed by atoms with E-state index in [1.165, 1.54) is 4.90 Å². The number of hydrogen-bond donors (Lipinski definition) is 1. The van der Waals surface area contributed by atoms with E-state index in [-0.39, 0.29) is 34.4 Å². The number of amides is 1. The lowest BCUT2D eigenvalue weighted by molar-refractivity contribution is -0.153. The molecule has 0 spiro atoms. The summed E-state index contributed by atoms with van der Waals surface area (Å²) in [6.45, 7) is 6.76. The van der Waals surface area contributed by atoms with Crippen molar-refractivity contribution in [3.05, 3.63) is 12.2 Å². The number of ether oxygens (including phenoxy) is 1. The summed E-state index contributed by atoms with van der Waals surface area (Å²) in [7, 11) is 0. The fraction of sp³-hybridized carbons (Fsp3) is 0.773. The Morgan fingerprint density at radius 1 is 1.25 bits per heavy atom. The highest BCUT2D eigenvalue weighted by Crippen LogP contribution is 2.61. The van der Waals surface area contributed by atoms with E-state index in [9.17, 15) is 19.5 Å². The summed E-state index contributed by atoms with van der Waals surface area (Å²) < 4.78 is 5.46. The number of Topliss-reactive ketones (excluding diaryl/α,β-unsaturated/α-hetero) is 1. The lowest BCUT2D eigenvalue weighted by Gasteiger charge is -2.56. The average molecular weight is 387 g/mol. The summed E-state index contributed by atoms with van der Waals surface area (Å²) in [5.41, 5.74) is -1.96. The molecule has 5 aliphatic rings. The predicted octanol–water partition coefficient (Wildman–Crippen LogP) is 2.06. The van der Waals surface area contributed by atoms with Crippen LogP contribution in [-0.4, -0.2) is 46.0 Å². The van der Waals surface area contributed by atoms with Gasteiger partial charge in [0.2, 0.25) is 5.91 Å². The molecule has 3 saturated heterocycles. The van der Waals surface area contributed by atoms with Gasteiger partial charge in [0.05, 0.1) is 0 Å². The topological polar surface area (TPSA) is 83.9 Å². The van der Waals surface area contributed by atoms with Crippen LogP contribution in [-0.2, 0) is 19.1 Å². The van der Waals surface area contributed by atoms with E-state index in [1.54, 1.807) is 0 Å². The Hall–Kier alpha value is -1.69. The molecule has 152 valence electrons. The number of nitrogens with zero attached hydrogens (tertiary/aromatic N) is 1. The number of hydrogen-bond acceptors (Lipinski definition) is 5. The first-order valence-corrected chi connectivity index (χ1v) is 10.6. The third kappa shape index (κ3) is 1.90. The molecule has 0 aromatic carbocycles. The molecule has 3 aliphatic heterocycles. The first-order chi connectivity index (χ1) is 13.1. The van der Waals surface area contributed by atoms with Crippen LogP contribution in [0.5, 0.6) is 0 Å². The summed E-state index contributed by atoms with van der Waals surface area (Å²) in [5, 5.41) is 11.2. The van der Waals surface area contributed by atoms with Crippen molar-refractivity contribution in [2.75, 3.05) is 6.54 Å². The molecule has 0 aromatic heterocycles. The first-order valence-electron chi connectivity index (χ1n) is 10.6. The van der Waals surface area contributed by atoms with E-state index in [0.29, 0.717) is 13.0 Å². The maximum Gasteiger partial charge on any atom is 0.314 e. The van der Waals surface area contributed by atoms with Crippen LogP contribution in [0.3, 0.4) is 0 Å². The summed E-state index contributed by atoms with van der Waals surface area (Å²) in [6, 6.07) is 0. The number of esters is 1. The monoisotopic (exact) mass is 387 g/mol. The van der Waals surface area contributed by atoms with E-state index in [1.807, 2.05) is 6.92 Å². The van der Waals surface area contributed by atoms with Gasteiger partial charge in [-0.1, -0.05) is 45.8 Å². The molecule has 1 N–H and O–H groups in total. The van der Waals surface area contributed by atoms with Crippen molar-refractivity contribution in [2.45, 2.75) is 64.7 Å². The van der Waals surface area contributed by atoms with Gasteiger partial charge in [0.1, 0.15) is 11.8 Å². The van der Waals surface area contributed by atoms with E-state index in [0.717, 1.165) is 25.7 Å². The second-order valence-electron chi connectivity index (χ2n) is 10.1. The molecule has 6 nitrogen and oxygen atoms in total. The number of fused-ring (bicyclic) bond motifs is 1. The molecule has 8 atom stereocenters. The Bertz CT molecular complexity index is 807. The van der Waals surface area contributed by atoms with Gasteiger partial charge in [0.25, 0.3) is 0 Å². The van der Waals surface area contributed by atoms with Gasteiger partial charge in [-0.3, -0.25) is 14.4 Å². The minimum atomic E-state index is -1.64. The molecule has 4 fully saturated rings. The standard InChI is InChI=1S/C22H29NO5/c1-12-6-10-20(2)8-4-5-9-21(20,3)15(12)16(24)14-17-22(27)13(19(26)28-17)7-11-23(22)18(14)25/h6,10,12-15,17,27H,4-5,7-9,11H2,1-3H3. The highest BCUT2D eigenvalue weighted by atomic mass is 16.6. The fourth-order valence-electron chi connectivity index (χ4n) is 7.11. The van der Waals surface area contributed by atoms with Crippen molar-refractivity contribution in [1.82, 2.24) is 4.90 Å². The van der Waals surface area contributed by atoms with Gasteiger partial charge < -0.3 is 14.7 Å². The van der Waals surface area contributed by atoms with Gasteiger partial charge in [-0.2, -0.15) is 0 Å². The summed E-state index contributed by atoms with van der Waals surface area (Å²) >= 11 is 0. The highest BCUT2D eigenvalue weighted by Gasteiger charge is 2.74.